The van der Waals surface area contributed by atoms with Crippen molar-refractivity contribution in [3.8, 4) is 0 Å². The minimum atomic E-state index is -0.324. The molecule has 1 aliphatic rings. The number of nitrogens with one attached hydrogen (secondary N) is 1. The van der Waals surface area contributed by atoms with Crippen molar-refractivity contribution >= 4 is 22.4 Å². The molecule has 1 N–H and O–H groups in total. The van der Waals surface area contributed by atoms with E-state index in [2.05, 4.69) is 15.3 Å². The Hall–Kier alpha value is -3.03. The third kappa shape index (κ3) is 5.00. The summed E-state index contributed by atoms with van der Waals surface area (Å²) in [6.07, 6.45) is 0. The standard InChI is InChI=1S/C24H28N4O3/c1-17(2)15-28-24(30)21-6-4-3-5-20(21)22(26-28)23(29)25-19-9-7-18(8-10-19)16-27-11-13-31-14-12-27/h3-10,17H,11-16H2,1-2H3,(H,25,29). The number of benzene rings is 2. The number of anilines is 1. The van der Waals surface area contributed by atoms with E-state index < -0.39 is 0 Å². The Morgan fingerprint density at radius 1 is 1.06 bits per heavy atom. The van der Waals surface area contributed by atoms with Gasteiger partial charge in [-0.15, -0.1) is 0 Å². The Morgan fingerprint density at radius 3 is 2.42 bits per heavy atom. The molecule has 4 rings (SSSR count). The highest BCUT2D eigenvalue weighted by molar-refractivity contribution is 6.11. The molecule has 1 fully saturated rings. The lowest BCUT2D eigenvalue weighted by Gasteiger charge is -2.26. The van der Waals surface area contributed by atoms with Crippen LogP contribution >= 0.6 is 0 Å². The molecule has 0 saturated carbocycles. The van der Waals surface area contributed by atoms with Crippen LogP contribution in [0.2, 0.25) is 0 Å². The molecule has 3 aromatic rings. The number of ether oxygens (including phenoxy) is 1. The Balaban J connectivity index is 1.55. The van der Waals surface area contributed by atoms with Gasteiger partial charge in [0, 0.05) is 37.3 Å². The summed E-state index contributed by atoms with van der Waals surface area (Å²) in [7, 11) is 0. The fraction of sp³-hybridized carbons (Fsp3) is 0.375. The van der Waals surface area contributed by atoms with E-state index >= 15 is 0 Å². The van der Waals surface area contributed by atoms with Gasteiger partial charge in [-0.1, -0.05) is 44.2 Å². The molecule has 1 saturated heterocycles. The van der Waals surface area contributed by atoms with E-state index in [0.29, 0.717) is 23.0 Å². The summed E-state index contributed by atoms with van der Waals surface area (Å²) < 4.78 is 6.79. The average molecular weight is 421 g/mol. The Bertz CT molecular complexity index is 1120. The monoisotopic (exact) mass is 420 g/mol. The second-order valence-corrected chi connectivity index (χ2v) is 8.31. The van der Waals surface area contributed by atoms with Crippen molar-refractivity contribution in [3.63, 3.8) is 0 Å². The number of hydrogen-bond acceptors (Lipinski definition) is 5. The average Bonchev–Trinajstić information content (AvgIpc) is 2.77. The van der Waals surface area contributed by atoms with Crippen molar-refractivity contribution in [3.05, 3.63) is 70.1 Å². The Labute approximate surface area is 181 Å². The van der Waals surface area contributed by atoms with Crippen molar-refractivity contribution in [2.75, 3.05) is 31.6 Å². The summed E-state index contributed by atoms with van der Waals surface area (Å²) in [5.41, 5.74) is 1.97. The van der Waals surface area contributed by atoms with Gasteiger partial charge in [-0.2, -0.15) is 5.10 Å². The number of carbonyl (C=O) groups excluding carboxylic acids is 1. The molecule has 0 bridgehead atoms. The highest BCUT2D eigenvalue weighted by atomic mass is 16.5. The molecule has 0 aliphatic carbocycles. The van der Waals surface area contributed by atoms with E-state index in [1.807, 2.05) is 44.2 Å². The zero-order chi connectivity index (χ0) is 21.8. The smallest absolute Gasteiger partial charge is 0.276 e. The quantitative estimate of drug-likeness (QED) is 0.663. The van der Waals surface area contributed by atoms with Gasteiger partial charge in [0.25, 0.3) is 11.5 Å². The first kappa shape index (κ1) is 21.2. The largest absolute Gasteiger partial charge is 0.379 e. The molecular weight excluding hydrogens is 392 g/mol. The van der Waals surface area contributed by atoms with E-state index in [-0.39, 0.29) is 23.1 Å². The molecule has 0 atom stereocenters. The molecule has 2 heterocycles. The van der Waals surface area contributed by atoms with Gasteiger partial charge >= 0.3 is 0 Å². The topological polar surface area (TPSA) is 76.5 Å². The van der Waals surface area contributed by atoms with Gasteiger partial charge in [0.05, 0.1) is 18.6 Å². The molecule has 7 heteroatoms. The summed E-state index contributed by atoms with van der Waals surface area (Å²) in [4.78, 5) is 28.2. The SMILES string of the molecule is CC(C)Cn1nc(C(=O)Nc2ccc(CN3CCOCC3)cc2)c2ccccc2c1=O. The van der Waals surface area contributed by atoms with Gasteiger partial charge in [-0.3, -0.25) is 14.5 Å². The minimum absolute atomic E-state index is 0.173. The van der Waals surface area contributed by atoms with Crippen LogP contribution in [0.5, 0.6) is 0 Å². The van der Waals surface area contributed by atoms with Crippen LogP contribution in [-0.4, -0.2) is 46.9 Å². The number of amides is 1. The minimum Gasteiger partial charge on any atom is -0.379 e. The fourth-order valence-electron chi connectivity index (χ4n) is 3.77. The van der Waals surface area contributed by atoms with Gasteiger partial charge in [0.1, 0.15) is 0 Å². The number of morpholine rings is 1. The van der Waals surface area contributed by atoms with Crippen LogP contribution in [0, 0.1) is 5.92 Å². The maximum atomic E-state index is 13.1. The molecule has 0 spiro atoms. The van der Waals surface area contributed by atoms with Crippen LogP contribution in [-0.2, 0) is 17.8 Å². The van der Waals surface area contributed by atoms with Crippen molar-refractivity contribution in [1.82, 2.24) is 14.7 Å². The van der Waals surface area contributed by atoms with Crippen LogP contribution < -0.4 is 10.9 Å². The van der Waals surface area contributed by atoms with Crippen LogP contribution in [0.15, 0.2) is 53.3 Å². The Kier molecular flexibility index (Phi) is 6.44. The molecule has 0 radical (unpaired) electrons. The molecule has 162 valence electrons. The van der Waals surface area contributed by atoms with Crippen LogP contribution in [0.3, 0.4) is 0 Å². The second kappa shape index (κ2) is 9.41. The fourth-order valence-corrected chi connectivity index (χ4v) is 3.77. The number of rotatable bonds is 6. The van der Waals surface area contributed by atoms with Crippen LogP contribution in [0.1, 0.15) is 29.9 Å². The summed E-state index contributed by atoms with van der Waals surface area (Å²) in [6.45, 7) is 8.77. The van der Waals surface area contributed by atoms with Crippen molar-refractivity contribution < 1.29 is 9.53 Å². The van der Waals surface area contributed by atoms with Gasteiger partial charge in [0.15, 0.2) is 5.69 Å². The molecule has 7 nitrogen and oxygen atoms in total. The first-order chi connectivity index (χ1) is 15.0. The number of nitrogens with zero attached hydrogens (tertiary/aromatic N) is 3. The summed E-state index contributed by atoms with van der Waals surface area (Å²) in [5, 5.41) is 8.40. The molecule has 31 heavy (non-hydrogen) atoms. The first-order valence-corrected chi connectivity index (χ1v) is 10.7. The Morgan fingerprint density at radius 2 is 1.74 bits per heavy atom. The van der Waals surface area contributed by atoms with E-state index in [1.54, 1.807) is 18.2 Å². The van der Waals surface area contributed by atoms with Crippen LogP contribution in [0.4, 0.5) is 5.69 Å². The molecular formula is C24H28N4O3. The second-order valence-electron chi connectivity index (χ2n) is 8.31. The third-order valence-electron chi connectivity index (χ3n) is 5.34. The van der Waals surface area contributed by atoms with Gasteiger partial charge in [-0.25, -0.2) is 4.68 Å². The number of hydrogen-bond donors (Lipinski definition) is 1. The van der Waals surface area contributed by atoms with Crippen molar-refractivity contribution in [1.29, 1.82) is 0 Å². The zero-order valence-electron chi connectivity index (χ0n) is 18.0. The summed E-state index contributed by atoms with van der Waals surface area (Å²) in [5.74, 6) is -0.0871. The molecule has 2 aromatic carbocycles. The number of aromatic nitrogens is 2. The lowest BCUT2D eigenvalue weighted by molar-refractivity contribution is 0.0342. The summed E-state index contributed by atoms with van der Waals surface area (Å²) >= 11 is 0. The zero-order valence-corrected chi connectivity index (χ0v) is 18.0. The summed E-state index contributed by atoms with van der Waals surface area (Å²) in [6, 6.07) is 15.0. The highest BCUT2D eigenvalue weighted by Gasteiger charge is 2.17. The predicted octanol–water partition coefficient (Wildman–Crippen LogP) is 3.14. The van der Waals surface area contributed by atoms with Crippen molar-refractivity contribution in [2.45, 2.75) is 26.9 Å². The van der Waals surface area contributed by atoms with E-state index in [9.17, 15) is 9.59 Å². The van der Waals surface area contributed by atoms with Gasteiger partial charge < -0.3 is 10.1 Å². The van der Waals surface area contributed by atoms with Gasteiger partial charge in [-0.05, 0) is 29.7 Å². The van der Waals surface area contributed by atoms with Crippen molar-refractivity contribution in [2.24, 2.45) is 5.92 Å². The number of fused-ring (bicyclic) bond motifs is 1. The van der Waals surface area contributed by atoms with E-state index in [1.165, 1.54) is 10.2 Å². The number of carbonyl (C=O) groups is 1. The predicted molar refractivity (Wildman–Crippen MR) is 121 cm³/mol. The molecule has 0 unspecified atom stereocenters. The molecule has 1 aromatic heterocycles. The van der Waals surface area contributed by atoms with E-state index in [4.69, 9.17) is 4.74 Å². The third-order valence-corrected chi connectivity index (χ3v) is 5.34. The highest BCUT2D eigenvalue weighted by Crippen LogP contribution is 2.17. The molecule has 1 amide bonds. The molecule has 1 aliphatic heterocycles. The van der Waals surface area contributed by atoms with Gasteiger partial charge in [0.2, 0.25) is 0 Å². The van der Waals surface area contributed by atoms with E-state index in [0.717, 1.165) is 32.8 Å². The lowest BCUT2D eigenvalue weighted by atomic mass is 10.1. The lowest BCUT2D eigenvalue weighted by Crippen LogP contribution is -2.35. The maximum absolute atomic E-state index is 13.1. The maximum Gasteiger partial charge on any atom is 0.276 e. The normalized spacial score (nSPS) is 14.8. The van der Waals surface area contributed by atoms with Crippen LogP contribution in [0.25, 0.3) is 10.8 Å². The first-order valence-electron chi connectivity index (χ1n) is 10.7.